The lowest BCUT2D eigenvalue weighted by atomic mass is 10.1. The molecule has 1 aromatic heterocycles. The summed E-state index contributed by atoms with van der Waals surface area (Å²) >= 11 is 0. The number of nitrogens with zero attached hydrogens (tertiary/aromatic N) is 1. The van der Waals surface area contributed by atoms with Crippen molar-refractivity contribution in [3.63, 3.8) is 0 Å². The maximum atomic E-state index is 5.42. The summed E-state index contributed by atoms with van der Waals surface area (Å²) < 4.78 is 5.42. The van der Waals surface area contributed by atoms with Crippen LogP contribution >= 0.6 is 0 Å². The molecule has 1 N–H and O–H groups in total. The van der Waals surface area contributed by atoms with Crippen LogP contribution < -0.4 is 10.1 Å². The topological polar surface area (TPSA) is 34.1 Å². The number of ether oxygens (including phenoxy) is 1. The zero-order valence-electron chi connectivity index (χ0n) is 12.2. The van der Waals surface area contributed by atoms with E-state index in [-0.39, 0.29) is 6.04 Å². The van der Waals surface area contributed by atoms with E-state index in [9.17, 15) is 0 Å². The Labute approximate surface area is 124 Å². The van der Waals surface area contributed by atoms with Crippen molar-refractivity contribution >= 4 is 16.6 Å². The zero-order valence-corrected chi connectivity index (χ0v) is 12.2. The Morgan fingerprint density at radius 1 is 0.952 bits per heavy atom. The van der Waals surface area contributed by atoms with E-state index in [0.29, 0.717) is 0 Å². The molecular formula is C18H18N2O. The Bertz CT molecular complexity index is 741. The normalized spacial score (nSPS) is 12.1. The summed E-state index contributed by atoms with van der Waals surface area (Å²) in [6.45, 7) is 2.13. The van der Waals surface area contributed by atoms with Crippen molar-refractivity contribution in [2.45, 2.75) is 13.0 Å². The number of rotatable bonds is 4. The molecule has 0 fully saturated rings. The van der Waals surface area contributed by atoms with Gasteiger partial charge in [-0.25, -0.2) is 4.98 Å². The van der Waals surface area contributed by atoms with Gasteiger partial charge in [0, 0.05) is 23.0 Å². The van der Waals surface area contributed by atoms with Crippen molar-refractivity contribution in [2.24, 2.45) is 0 Å². The SMILES string of the molecule is COc1cccc2c(NC(C)c3ccccc3)nccc12. The molecule has 0 spiro atoms. The van der Waals surface area contributed by atoms with Gasteiger partial charge in [-0.2, -0.15) is 0 Å². The smallest absolute Gasteiger partial charge is 0.134 e. The number of hydrogen-bond donors (Lipinski definition) is 1. The molecule has 0 saturated heterocycles. The molecule has 1 heterocycles. The highest BCUT2D eigenvalue weighted by Gasteiger charge is 2.10. The van der Waals surface area contributed by atoms with Gasteiger partial charge in [0.25, 0.3) is 0 Å². The molecule has 0 bridgehead atoms. The van der Waals surface area contributed by atoms with Gasteiger partial charge >= 0.3 is 0 Å². The molecule has 0 aliphatic carbocycles. The number of pyridine rings is 1. The van der Waals surface area contributed by atoms with E-state index in [1.165, 1.54) is 5.56 Å². The third kappa shape index (κ3) is 2.68. The summed E-state index contributed by atoms with van der Waals surface area (Å²) in [6, 6.07) is 18.5. The third-order valence-corrected chi connectivity index (χ3v) is 3.64. The number of aromatic nitrogens is 1. The molecule has 3 rings (SSSR count). The van der Waals surface area contributed by atoms with E-state index in [2.05, 4.69) is 35.4 Å². The lowest BCUT2D eigenvalue weighted by Crippen LogP contribution is -2.08. The number of methoxy groups -OCH3 is 1. The zero-order chi connectivity index (χ0) is 14.7. The molecule has 0 saturated carbocycles. The minimum absolute atomic E-state index is 0.190. The molecular weight excluding hydrogens is 260 g/mol. The van der Waals surface area contributed by atoms with Crippen LogP contribution in [0.2, 0.25) is 0 Å². The largest absolute Gasteiger partial charge is 0.496 e. The van der Waals surface area contributed by atoms with Crippen LogP contribution in [0.1, 0.15) is 18.5 Å². The summed E-state index contributed by atoms with van der Waals surface area (Å²) in [4.78, 5) is 4.48. The van der Waals surface area contributed by atoms with Crippen LogP contribution in [-0.4, -0.2) is 12.1 Å². The second-order valence-corrected chi connectivity index (χ2v) is 4.99. The van der Waals surface area contributed by atoms with Gasteiger partial charge in [-0.3, -0.25) is 0 Å². The van der Waals surface area contributed by atoms with Gasteiger partial charge in [0.1, 0.15) is 11.6 Å². The fraction of sp³-hybridized carbons (Fsp3) is 0.167. The molecule has 3 heteroatoms. The summed E-state index contributed by atoms with van der Waals surface area (Å²) in [6.07, 6.45) is 1.81. The fourth-order valence-electron chi connectivity index (χ4n) is 2.50. The van der Waals surface area contributed by atoms with Gasteiger partial charge in [0.05, 0.1) is 7.11 Å². The lowest BCUT2D eigenvalue weighted by Gasteiger charge is -2.17. The predicted octanol–water partition coefficient (Wildman–Crippen LogP) is 4.42. The van der Waals surface area contributed by atoms with E-state index in [1.54, 1.807) is 7.11 Å². The Kier molecular flexibility index (Phi) is 3.73. The van der Waals surface area contributed by atoms with Crippen molar-refractivity contribution in [2.75, 3.05) is 12.4 Å². The second-order valence-electron chi connectivity index (χ2n) is 4.99. The Morgan fingerprint density at radius 2 is 1.76 bits per heavy atom. The first-order chi connectivity index (χ1) is 10.3. The van der Waals surface area contributed by atoms with E-state index in [4.69, 9.17) is 4.74 Å². The Balaban J connectivity index is 1.98. The van der Waals surface area contributed by atoms with Gasteiger partial charge in [-0.05, 0) is 24.6 Å². The molecule has 3 aromatic rings. The second kappa shape index (κ2) is 5.83. The van der Waals surface area contributed by atoms with E-state index >= 15 is 0 Å². The van der Waals surface area contributed by atoms with Crippen LogP contribution in [-0.2, 0) is 0 Å². The summed E-state index contributed by atoms with van der Waals surface area (Å²) in [5.41, 5.74) is 1.24. The van der Waals surface area contributed by atoms with Crippen molar-refractivity contribution in [3.8, 4) is 5.75 Å². The number of hydrogen-bond acceptors (Lipinski definition) is 3. The molecule has 0 aliphatic rings. The van der Waals surface area contributed by atoms with Gasteiger partial charge in [-0.1, -0.05) is 42.5 Å². The molecule has 0 radical (unpaired) electrons. The first kappa shape index (κ1) is 13.4. The lowest BCUT2D eigenvalue weighted by molar-refractivity contribution is 0.420. The highest BCUT2D eigenvalue weighted by Crippen LogP contribution is 2.30. The number of anilines is 1. The molecule has 1 atom stereocenters. The summed E-state index contributed by atoms with van der Waals surface area (Å²) in [5.74, 6) is 1.74. The standard InChI is InChI=1S/C18H18N2O/c1-13(14-7-4-3-5-8-14)20-18-16-9-6-10-17(21-2)15(16)11-12-19-18/h3-13H,1-2H3,(H,19,20). The van der Waals surface area contributed by atoms with Gasteiger partial charge in [0.15, 0.2) is 0 Å². The Morgan fingerprint density at radius 3 is 2.52 bits per heavy atom. The van der Waals surface area contributed by atoms with E-state index in [0.717, 1.165) is 22.3 Å². The Hall–Kier alpha value is -2.55. The molecule has 3 nitrogen and oxygen atoms in total. The first-order valence-electron chi connectivity index (χ1n) is 7.03. The van der Waals surface area contributed by atoms with Crippen LogP contribution in [0.15, 0.2) is 60.8 Å². The number of fused-ring (bicyclic) bond motifs is 1. The van der Waals surface area contributed by atoms with Crippen LogP contribution in [0.3, 0.4) is 0 Å². The molecule has 1 unspecified atom stereocenters. The minimum Gasteiger partial charge on any atom is -0.496 e. The number of nitrogens with one attached hydrogen (secondary N) is 1. The van der Waals surface area contributed by atoms with Gasteiger partial charge < -0.3 is 10.1 Å². The molecule has 21 heavy (non-hydrogen) atoms. The van der Waals surface area contributed by atoms with Crippen molar-refractivity contribution in [1.29, 1.82) is 0 Å². The predicted molar refractivity (Wildman–Crippen MR) is 86.8 cm³/mol. The maximum absolute atomic E-state index is 5.42. The average Bonchev–Trinajstić information content (AvgIpc) is 2.55. The van der Waals surface area contributed by atoms with Crippen molar-refractivity contribution in [1.82, 2.24) is 4.98 Å². The monoisotopic (exact) mass is 278 g/mol. The third-order valence-electron chi connectivity index (χ3n) is 3.64. The summed E-state index contributed by atoms with van der Waals surface area (Å²) in [5, 5.41) is 5.62. The molecule has 2 aromatic carbocycles. The van der Waals surface area contributed by atoms with Crippen LogP contribution in [0.4, 0.5) is 5.82 Å². The molecule has 0 aliphatic heterocycles. The molecule has 0 amide bonds. The van der Waals surface area contributed by atoms with E-state index in [1.807, 2.05) is 42.6 Å². The first-order valence-corrected chi connectivity index (χ1v) is 7.03. The van der Waals surface area contributed by atoms with E-state index < -0.39 is 0 Å². The summed E-state index contributed by atoms with van der Waals surface area (Å²) in [7, 11) is 1.69. The van der Waals surface area contributed by atoms with Crippen LogP contribution in [0.25, 0.3) is 10.8 Å². The average molecular weight is 278 g/mol. The highest BCUT2D eigenvalue weighted by molar-refractivity contribution is 5.95. The van der Waals surface area contributed by atoms with Gasteiger partial charge in [0.2, 0.25) is 0 Å². The quantitative estimate of drug-likeness (QED) is 0.767. The fourth-order valence-corrected chi connectivity index (χ4v) is 2.50. The maximum Gasteiger partial charge on any atom is 0.134 e. The molecule has 106 valence electrons. The van der Waals surface area contributed by atoms with Crippen molar-refractivity contribution < 1.29 is 4.74 Å². The van der Waals surface area contributed by atoms with Crippen LogP contribution in [0.5, 0.6) is 5.75 Å². The van der Waals surface area contributed by atoms with Crippen LogP contribution in [0, 0.1) is 0 Å². The number of benzene rings is 2. The van der Waals surface area contributed by atoms with Gasteiger partial charge in [-0.15, -0.1) is 0 Å². The minimum atomic E-state index is 0.190. The van der Waals surface area contributed by atoms with Crippen molar-refractivity contribution in [3.05, 3.63) is 66.4 Å². The highest BCUT2D eigenvalue weighted by atomic mass is 16.5.